The Morgan fingerprint density at radius 1 is 1.04 bits per heavy atom. The molecule has 1 amide bonds. The number of nitrogens with one attached hydrogen (secondary N) is 1. The van der Waals surface area contributed by atoms with Crippen LogP contribution in [0.4, 0.5) is 5.69 Å². The number of hydrogen-bond donors (Lipinski definition) is 1. The van der Waals surface area contributed by atoms with Crippen molar-refractivity contribution in [3.8, 4) is 11.5 Å². The van der Waals surface area contributed by atoms with Gasteiger partial charge in [-0.1, -0.05) is 11.6 Å². The quantitative estimate of drug-likeness (QED) is 0.659. The Labute approximate surface area is 155 Å². The molecule has 6 nitrogen and oxygen atoms in total. The van der Waals surface area contributed by atoms with E-state index in [0.29, 0.717) is 34.5 Å². The molecule has 0 radical (unpaired) electrons. The smallest absolute Gasteiger partial charge is 0.247 e. The summed E-state index contributed by atoms with van der Waals surface area (Å²) in [6, 6.07) is 13.8. The van der Waals surface area contributed by atoms with Gasteiger partial charge in [0, 0.05) is 34.7 Å². The van der Waals surface area contributed by atoms with Crippen LogP contribution in [0.2, 0.25) is 5.02 Å². The molecular weight excluding hydrogens is 354 g/mol. The van der Waals surface area contributed by atoms with Crippen LogP contribution in [0.3, 0.4) is 0 Å². The van der Waals surface area contributed by atoms with E-state index in [1.165, 1.54) is 6.92 Å². The van der Waals surface area contributed by atoms with Gasteiger partial charge in [-0.2, -0.15) is 0 Å². The van der Waals surface area contributed by atoms with Crippen molar-refractivity contribution >= 4 is 29.0 Å². The number of nitrogens with zero attached hydrogens (tertiary/aromatic N) is 2. The number of ketones is 1. The number of aryl methyl sites for hydroxylation is 1. The Morgan fingerprint density at radius 3 is 2.38 bits per heavy atom. The van der Waals surface area contributed by atoms with Crippen LogP contribution in [0.1, 0.15) is 29.6 Å². The zero-order valence-corrected chi connectivity index (χ0v) is 14.8. The number of Topliss-reactive ketones (excluding diaryl/α,β-unsaturated/α-hetero) is 1. The first kappa shape index (κ1) is 17.8. The van der Waals surface area contributed by atoms with Crippen LogP contribution in [0.5, 0.6) is 0 Å². The van der Waals surface area contributed by atoms with Gasteiger partial charge in [-0.05, 0) is 55.5 Å². The van der Waals surface area contributed by atoms with Gasteiger partial charge in [0.05, 0.1) is 0 Å². The third kappa shape index (κ3) is 4.55. The molecule has 0 bridgehead atoms. The summed E-state index contributed by atoms with van der Waals surface area (Å²) in [5.41, 5.74) is 2.00. The second kappa shape index (κ2) is 7.93. The van der Waals surface area contributed by atoms with Gasteiger partial charge >= 0.3 is 0 Å². The zero-order chi connectivity index (χ0) is 18.5. The van der Waals surface area contributed by atoms with E-state index in [4.69, 9.17) is 16.0 Å². The highest BCUT2D eigenvalue weighted by Gasteiger charge is 2.11. The number of anilines is 1. The molecule has 0 aliphatic rings. The molecule has 0 atom stereocenters. The minimum Gasteiger partial charge on any atom is -0.421 e. The van der Waals surface area contributed by atoms with Crippen molar-refractivity contribution in [1.29, 1.82) is 0 Å². The average Bonchev–Trinajstić information content (AvgIpc) is 3.10. The fourth-order valence-corrected chi connectivity index (χ4v) is 2.42. The minimum absolute atomic E-state index is 0.0178. The van der Waals surface area contributed by atoms with Gasteiger partial charge in [-0.15, -0.1) is 10.2 Å². The number of carbonyl (C=O) groups is 2. The van der Waals surface area contributed by atoms with Crippen LogP contribution in [0, 0.1) is 0 Å². The highest BCUT2D eigenvalue weighted by Crippen LogP contribution is 2.20. The minimum atomic E-state index is -0.174. The number of aromatic nitrogens is 2. The van der Waals surface area contributed by atoms with E-state index in [1.807, 2.05) is 0 Å². The maximum atomic E-state index is 12.0. The van der Waals surface area contributed by atoms with Crippen molar-refractivity contribution in [1.82, 2.24) is 10.2 Å². The van der Waals surface area contributed by atoms with Crippen LogP contribution in [0.15, 0.2) is 52.9 Å². The summed E-state index contributed by atoms with van der Waals surface area (Å²) in [7, 11) is 0. The molecule has 0 aliphatic carbocycles. The van der Waals surface area contributed by atoms with E-state index in [1.54, 1.807) is 48.5 Å². The average molecular weight is 370 g/mol. The number of amides is 1. The first-order chi connectivity index (χ1) is 12.5. The molecule has 0 saturated carbocycles. The molecule has 0 saturated heterocycles. The van der Waals surface area contributed by atoms with Gasteiger partial charge in [-0.3, -0.25) is 9.59 Å². The van der Waals surface area contributed by atoms with Gasteiger partial charge in [0.2, 0.25) is 17.7 Å². The second-order valence-corrected chi connectivity index (χ2v) is 6.13. The zero-order valence-electron chi connectivity index (χ0n) is 14.0. The summed E-state index contributed by atoms with van der Waals surface area (Å²) < 4.78 is 5.57. The summed E-state index contributed by atoms with van der Waals surface area (Å²) in [5.74, 6) is 0.580. The summed E-state index contributed by atoms with van der Waals surface area (Å²) in [6.07, 6.45) is 0.536. The van der Waals surface area contributed by atoms with E-state index >= 15 is 0 Å². The SMILES string of the molecule is CC(=O)c1ccc(NC(=O)CCc2nnc(-c3ccc(Cl)cc3)o2)cc1. The Morgan fingerprint density at radius 2 is 1.73 bits per heavy atom. The summed E-state index contributed by atoms with van der Waals surface area (Å²) in [5, 5.41) is 11.3. The molecule has 0 spiro atoms. The molecule has 0 aliphatic heterocycles. The highest BCUT2D eigenvalue weighted by atomic mass is 35.5. The Balaban J connectivity index is 1.54. The second-order valence-electron chi connectivity index (χ2n) is 5.69. The third-order valence-corrected chi connectivity index (χ3v) is 3.95. The number of halogens is 1. The van der Waals surface area contributed by atoms with Crippen molar-refractivity contribution in [3.63, 3.8) is 0 Å². The lowest BCUT2D eigenvalue weighted by Gasteiger charge is -2.04. The Hall–Kier alpha value is -2.99. The van der Waals surface area contributed by atoms with Crippen LogP contribution in [-0.2, 0) is 11.2 Å². The summed E-state index contributed by atoms with van der Waals surface area (Å²) >= 11 is 5.85. The fraction of sp³-hybridized carbons (Fsp3) is 0.158. The molecule has 0 fully saturated rings. The molecule has 132 valence electrons. The van der Waals surface area contributed by atoms with Crippen molar-refractivity contribution in [2.45, 2.75) is 19.8 Å². The molecule has 1 heterocycles. The lowest BCUT2D eigenvalue weighted by Crippen LogP contribution is -2.12. The maximum Gasteiger partial charge on any atom is 0.247 e. The normalized spacial score (nSPS) is 10.5. The Kier molecular flexibility index (Phi) is 5.43. The largest absolute Gasteiger partial charge is 0.421 e. The summed E-state index contributed by atoms with van der Waals surface area (Å²) in [4.78, 5) is 23.3. The lowest BCUT2D eigenvalue weighted by atomic mass is 10.1. The Bertz CT molecular complexity index is 918. The van der Waals surface area contributed by atoms with Crippen molar-refractivity contribution in [2.24, 2.45) is 0 Å². The van der Waals surface area contributed by atoms with E-state index in [2.05, 4.69) is 15.5 Å². The maximum absolute atomic E-state index is 12.0. The molecule has 3 aromatic rings. The van der Waals surface area contributed by atoms with Crippen molar-refractivity contribution in [3.05, 3.63) is 65.0 Å². The molecule has 3 rings (SSSR count). The van der Waals surface area contributed by atoms with Crippen LogP contribution in [0.25, 0.3) is 11.5 Å². The highest BCUT2D eigenvalue weighted by molar-refractivity contribution is 6.30. The first-order valence-corrected chi connectivity index (χ1v) is 8.38. The number of benzene rings is 2. The van der Waals surface area contributed by atoms with Gasteiger partial charge < -0.3 is 9.73 Å². The molecule has 1 N–H and O–H groups in total. The van der Waals surface area contributed by atoms with Gasteiger partial charge in [-0.25, -0.2) is 0 Å². The van der Waals surface area contributed by atoms with Crippen molar-refractivity contribution < 1.29 is 14.0 Å². The van der Waals surface area contributed by atoms with Gasteiger partial charge in [0.1, 0.15) is 0 Å². The van der Waals surface area contributed by atoms with Crippen LogP contribution < -0.4 is 5.32 Å². The molecule has 1 aromatic heterocycles. The van der Waals surface area contributed by atoms with Crippen LogP contribution >= 0.6 is 11.6 Å². The number of carbonyl (C=O) groups excluding carboxylic acids is 2. The summed E-state index contributed by atoms with van der Waals surface area (Å²) in [6.45, 7) is 1.50. The third-order valence-electron chi connectivity index (χ3n) is 3.70. The number of hydrogen-bond acceptors (Lipinski definition) is 5. The first-order valence-electron chi connectivity index (χ1n) is 8.00. The van der Waals surface area contributed by atoms with E-state index < -0.39 is 0 Å². The standard InChI is InChI=1S/C19H16ClN3O3/c1-12(24)13-4-8-16(9-5-13)21-17(25)10-11-18-22-23-19(26-18)14-2-6-15(20)7-3-14/h2-9H,10-11H2,1H3,(H,21,25). The van der Waals surface area contributed by atoms with E-state index in [9.17, 15) is 9.59 Å². The monoisotopic (exact) mass is 369 g/mol. The van der Waals surface area contributed by atoms with E-state index in [-0.39, 0.29) is 18.1 Å². The van der Waals surface area contributed by atoms with Crippen LogP contribution in [-0.4, -0.2) is 21.9 Å². The molecule has 0 unspecified atom stereocenters. The number of rotatable bonds is 6. The topological polar surface area (TPSA) is 85.1 Å². The molecular formula is C19H16ClN3O3. The molecule has 7 heteroatoms. The van der Waals surface area contributed by atoms with Gasteiger partial charge in [0.15, 0.2) is 5.78 Å². The predicted molar refractivity (Wildman–Crippen MR) is 98.1 cm³/mol. The predicted octanol–water partition coefficient (Wildman–Crippen LogP) is 4.16. The van der Waals surface area contributed by atoms with E-state index in [0.717, 1.165) is 5.56 Å². The fourth-order valence-electron chi connectivity index (χ4n) is 2.30. The molecule has 26 heavy (non-hydrogen) atoms. The van der Waals surface area contributed by atoms with Gasteiger partial charge in [0.25, 0.3) is 0 Å². The molecule has 2 aromatic carbocycles. The lowest BCUT2D eigenvalue weighted by molar-refractivity contribution is -0.116. The van der Waals surface area contributed by atoms with Crippen molar-refractivity contribution in [2.75, 3.05) is 5.32 Å².